The molecule has 1 aliphatic rings. The number of rotatable bonds is 5. The molecule has 0 atom stereocenters. The van der Waals surface area contributed by atoms with Gasteiger partial charge in [0.2, 0.25) is 0 Å². The first-order chi connectivity index (χ1) is 14.0. The van der Waals surface area contributed by atoms with Crippen LogP contribution in [0.1, 0.15) is 31.5 Å². The Morgan fingerprint density at radius 1 is 1.07 bits per heavy atom. The molecule has 7 heteroatoms. The molecular weight excluding hydrogens is 384 g/mol. The molecule has 0 aliphatic heterocycles. The lowest BCUT2D eigenvalue weighted by Gasteiger charge is -2.09. The molecule has 1 saturated carbocycles. The largest absolute Gasteiger partial charge is 0.262 e. The minimum absolute atomic E-state index is 0.303. The Balaban J connectivity index is 1.60. The third-order valence-corrected chi connectivity index (χ3v) is 6.59. The van der Waals surface area contributed by atoms with Crippen molar-refractivity contribution in [2.24, 2.45) is 0 Å². The molecular formula is C22H22N4O2S. The van der Waals surface area contributed by atoms with Crippen molar-refractivity contribution >= 4 is 20.7 Å². The second-order valence-electron chi connectivity index (χ2n) is 7.60. The molecule has 0 spiro atoms. The van der Waals surface area contributed by atoms with Crippen LogP contribution in [0.15, 0.2) is 59.6 Å². The molecule has 6 nitrogen and oxygen atoms in total. The Morgan fingerprint density at radius 3 is 2.48 bits per heavy atom. The number of fused-ring (bicyclic) bond motifs is 1. The highest BCUT2D eigenvalue weighted by molar-refractivity contribution is 7.90. The number of sulfone groups is 1. The van der Waals surface area contributed by atoms with Gasteiger partial charge in [0, 0.05) is 17.2 Å². The van der Waals surface area contributed by atoms with Gasteiger partial charge < -0.3 is 0 Å². The van der Waals surface area contributed by atoms with Crippen LogP contribution >= 0.6 is 0 Å². The normalized spacial score (nSPS) is 14.6. The van der Waals surface area contributed by atoms with E-state index in [0.717, 1.165) is 29.1 Å². The first-order valence-corrected chi connectivity index (χ1v) is 11.7. The lowest BCUT2D eigenvalue weighted by molar-refractivity contribution is 0.602. The molecule has 2 aromatic carbocycles. The summed E-state index contributed by atoms with van der Waals surface area (Å²) in [5, 5.41) is 10.5. The summed E-state index contributed by atoms with van der Waals surface area (Å²) in [6.45, 7) is 2.14. The van der Waals surface area contributed by atoms with Gasteiger partial charge in [-0.2, -0.15) is 10.2 Å². The zero-order valence-corrected chi connectivity index (χ0v) is 17.2. The Bertz CT molecular complexity index is 1310. The molecule has 148 valence electrons. The molecule has 0 unspecified atom stereocenters. The minimum Gasteiger partial charge on any atom is -0.262 e. The van der Waals surface area contributed by atoms with E-state index in [1.807, 2.05) is 10.7 Å². The van der Waals surface area contributed by atoms with Crippen LogP contribution in [0.2, 0.25) is 0 Å². The summed E-state index contributed by atoms with van der Waals surface area (Å²) in [5.41, 5.74) is 5.15. The van der Waals surface area contributed by atoms with Crippen molar-refractivity contribution in [1.82, 2.24) is 19.6 Å². The van der Waals surface area contributed by atoms with Crippen molar-refractivity contribution in [2.45, 2.75) is 37.1 Å². The minimum atomic E-state index is -3.22. The maximum atomic E-state index is 11.7. The molecule has 0 amide bonds. The topological polar surface area (TPSA) is 69.8 Å². The van der Waals surface area contributed by atoms with E-state index in [9.17, 15) is 8.42 Å². The third-order valence-electron chi connectivity index (χ3n) is 5.46. The van der Waals surface area contributed by atoms with Crippen molar-refractivity contribution in [3.63, 3.8) is 0 Å². The van der Waals surface area contributed by atoms with E-state index in [1.54, 1.807) is 30.5 Å². The second-order valence-corrected chi connectivity index (χ2v) is 9.62. The lowest BCUT2D eigenvalue weighted by atomic mass is 10.1. The van der Waals surface area contributed by atoms with E-state index in [-0.39, 0.29) is 0 Å². The Kier molecular flexibility index (Phi) is 4.10. The zero-order valence-electron chi connectivity index (χ0n) is 16.4. The summed E-state index contributed by atoms with van der Waals surface area (Å²) in [6, 6.07) is 15.8. The summed E-state index contributed by atoms with van der Waals surface area (Å²) in [6.07, 6.45) is 6.27. The predicted octanol–water partition coefficient (Wildman–Crippen LogP) is 4.19. The number of hydrogen-bond acceptors (Lipinski definition) is 4. The van der Waals surface area contributed by atoms with E-state index in [1.165, 1.54) is 30.0 Å². The van der Waals surface area contributed by atoms with E-state index in [4.69, 9.17) is 5.10 Å². The molecule has 0 saturated heterocycles. The lowest BCUT2D eigenvalue weighted by Crippen LogP contribution is -2.01. The van der Waals surface area contributed by atoms with Crippen molar-refractivity contribution < 1.29 is 8.42 Å². The summed E-state index contributed by atoms with van der Waals surface area (Å²) in [4.78, 5) is 0.303. The van der Waals surface area contributed by atoms with Crippen molar-refractivity contribution in [1.29, 1.82) is 0 Å². The molecule has 0 bridgehead atoms. The maximum absolute atomic E-state index is 11.7. The smallest absolute Gasteiger partial charge is 0.175 e. The fraction of sp³-hybridized carbons (Fsp3) is 0.273. The quantitative estimate of drug-likeness (QED) is 0.498. The standard InChI is InChI=1S/C22H22N4O2S/c1-3-20-19-11-4-15(14-22(19)26(24-20)17-5-6-17)21-12-13-23-25(21)16-7-9-18(10-8-16)29(2,27)28/h4,7-14,17H,3,5-6H2,1-2H3. The van der Waals surface area contributed by atoms with Crippen LogP contribution in [-0.4, -0.2) is 34.2 Å². The van der Waals surface area contributed by atoms with Gasteiger partial charge in [-0.15, -0.1) is 0 Å². The number of aryl methyl sites for hydroxylation is 1. The van der Waals surface area contributed by atoms with Crippen molar-refractivity contribution in [3.05, 3.63) is 60.4 Å². The second kappa shape index (κ2) is 6.56. The van der Waals surface area contributed by atoms with Gasteiger partial charge in [-0.25, -0.2) is 13.1 Å². The van der Waals surface area contributed by atoms with E-state index in [2.05, 4.69) is 34.9 Å². The van der Waals surface area contributed by atoms with E-state index in [0.29, 0.717) is 10.9 Å². The van der Waals surface area contributed by atoms with E-state index < -0.39 is 9.84 Å². The number of aromatic nitrogens is 4. The molecule has 0 radical (unpaired) electrons. The van der Waals surface area contributed by atoms with Gasteiger partial charge >= 0.3 is 0 Å². The molecule has 5 rings (SSSR count). The monoisotopic (exact) mass is 406 g/mol. The van der Waals surface area contributed by atoms with Gasteiger partial charge in [-0.3, -0.25) is 4.68 Å². The van der Waals surface area contributed by atoms with Gasteiger partial charge in [0.25, 0.3) is 0 Å². The van der Waals surface area contributed by atoms with Gasteiger partial charge in [0.1, 0.15) is 0 Å². The van der Waals surface area contributed by atoms with Crippen LogP contribution in [0.4, 0.5) is 0 Å². The van der Waals surface area contributed by atoms with Crippen molar-refractivity contribution in [2.75, 3.05) is 6.26 Å². The van der Waals surface area contributed by atoms with Crippen LogP contribution < -0.4 is 0 Å². The van der Waals surface area contributed by atoms with Gasteiger partial charge in [0.05, 0.1) is 39.7 Å². The van der Waals surface area contributed by atoms with Crippen LogP contribution in [0.3, 0.4) is 0 Å². The van der Waals surface area contributed by atoms with Crippen LogP contribution in [0.25, 0.3) is 27.8 Å². The molecule has 2 aromatic heterocycles. The summed E-state index contributed by atoms with van der Waals surface area (Å²) >= 11 is 0. The Morgan fingerprint density at radius 2 is 1.83 bits per heavy atom. The molecule has 1 aliphatic carbocycles. The summed E-state index contributed by atoms with van der Waals surface area (Å²) in [7, 11) is -3.22. The maximum Gasteiger partial charge on any atom is 0.175 e. The summed E-state index contributed by atoms with van der Waals surface area (Å²) < 4.78 is 27.5. The van der Waals surface area contributed by atoms with Gasteiger partial charge in [-0.05, 0) is 55.7 Å². The molecule has 29 heavy (non-hydrogen) atoms. The zero-order chi connectivity index (χ0) is 20.2. The number of nitrogens with zero attached hydrogens (tertiary/aromatic N) is 4. The molecule has 2 heterocycles. The Hall–Kier alpha value is -2.93. The van der Waals surface area contributed by atoms with Crippen LogP contribution in [-0.2, 0) is 16.3 Å². The third kappa shape index (κ3) is 3.15. The highest BCUT2D eigenvalue weighted by Gasteiger charge is 2.27. The highest BCUT2D eigenvalue weighted by atomic mass is 32.2. The van der Waals surface area contributed by atoms with Crippen LogP contribution in [0.5, 0.6) is 0 Å². The molecule has 1 fully saturated rings. The molecule has 0 N–H and O–H groups in total. The van der Waals surface area contributed by atoms with Crippen LogP contribution in [0, 0.1) is 0 Å². The SMILES string of the molecule is CCc1nn(C2CC2)c2cc(-c3ccnn3-c3ccc(S(C)(=O)=O)cc3)ccc12. The van der Waals surface area contributed by atoms with Crippen molar-refractivity contribution in [3.8, 4) is 16.9 Å². The average molecular weight is 407 g/mol. The number of benzene rings is 2. The van der Waals surface area contributed by atoms with Gasteiger partial charge in [-0.1, -0.05) is 19.1 Å². The molecule has 4 aromatic rings. The van der Waals surface area contributed by atoms with E-state index >= 15 is 0 Å². The summed E-state index contributed by atoms with van der Waals surface area (Å²) in [5.74, 6) is 0. The fourth-order valence-electron chi connectivity index (χ4n) is 3.78. The van der Waals surface area contributed by atoms with Gasteiger partial charge in [0.15, 0.2) is 9.84 Å². The fourth-order valence-corrected chi connectivity index (χ4v) is 4.41. The average Bonchev–Trinajstić information content (AvgIpc) is 3.32. The number of hydrogen-bond donors (Lipinski definition) is 0. The first-order valence-electron chi connectivity index (χ1n) is 9.82. The highest BCUT2D eigenvalue weighted by Crippen LogP contribution is 2.38. The first kappa shape index (κ1) is 18.1. The predicted molar refractivity (Wildman–Crippen MR) is 113 cm³/mol. The Labute approximate surface area is 169 Å².